The summed E-state index contributed by atoms with van der Waals surface area (Å²) in [6.07, 6.45) is 0.657. The summed E-state index contributed by atoms with van der Waals surface area (Å²) in [4.78, 5) is 11.3. The maximum atomic E-state index is 11.3. The molecule has 0 saturated heterocycles. The minimum Gasteiger partial charge on any atom is -0.496 e. The minimum absolute atomic E-state index is 0.358. The van der Waals surface area contributed by atoms with Gasteiger partial charge in [0.1, 0.15) is 11.5 Å². The van der Waals surface area contributed by atoms with Crippen LogP contribution in [-0.4, -0.2) is 19.5 Å². The Labute approximate surface area is 123 Å². The third-order valence-corrected chi connectivity index (χ3v) is 3.28. The zero-order valence-electron chi connectivity index (χ0n) is 11.4. The third-order valence-electron chi connectivity index (χ3n) is 3.06. The quantitative estimate of drug-likeness (QED) is 0.788. The van der Waals surface area contributed by atoms with Crippen LogP contribution in [0.25, 0.3) is 0 Å². The van der Waals surface area contributed by atoms with Gasteiger partial charge in [-0.05, 0) is 29.3 Å². The number of hydrogen-bond acceptors (Lipinski definition) is 3. The molecule has 0 fully saturated rings. The predicted octanol–water partition coefficient (Wildman–Crippen LogP) is 3.67. The van der Waals surface area contributed by atoms with E-state index in [0.29, 0.717) is 23.5 Å². The number of carbonyl (C=O) groups excluding carboxylic acids is 1. The van der Waals surface area contributed by atoms with Gasteiger partial charge in [0.15, 0.2) is 0 Å². The van der Waals surface area contributed by atoms with E-state index in [0.717, 1.165) is 11.1 Å². The highest BCUT2D eigenvalue weighted by atomic mass is 35.5. The Morgan fingerprint density at radius 2 is 1.60 bits per heavy atom. The molecule has 0 aliphatic carbocycles. The molecular weight excluding hydrogens is 276 g/mol. The lowest BCUT2D eigenvalue weighted by Gasteiger charge is -2.14. The Morgan fingerprint density at radius 3 is 2.05 bits per heavy atom. The fourth-order valence-corrected chi connectivity index (χ4v) is 2.18. The van der Waals surface area contributed by atoms with Crippen LogP contribution >= 0.6 is 11.6 Å². The SMILES string of the molecule is COc1cc(C(=O)Cl)cc(OC)c1Cc1ccccc1. The summed E-state index contributed by atoms with van der Waals surface area (Å²) in [5.41, 5.74) is 2.38. The van der Waals surface area contributed by atoms with Gasteiger partial charge < -0.3 is 9.47 Å². The third kappa shape index (κ3) is 3.11. The van der Waals surface area contributed by atoms with E-state index in [1.165, 1.54) is 0 Å². The van der Waals surface area contributed by atoms with Gasteiger partial charge in [-0.1, -0.05) is 30.3 Å². The lowest BCUT2D eigenvalue weighted by molar-refractivity contribution is 0.108. The average molecular weight is 291 g/mol. The van der Waals surface area contributed by atoms with Crippen molar-refractivity contribution in [2.45, 2.75) is 6.42 Å². The number of ether oxygens (including phenoxy) is 2. The number of carbonyl (C=O) groups is 1. The van der Waals surface area contributed by atoms with Crippen molar-refractivity contribution in [3.8, 4) is 11.5 Å². The van der Waals surface area contributed by atoms with Crippen molar-refractivity contribution in [3.05, 3.63) is 59.2 Å². The van der Waals surface area contributed by atoms with E-state index in [1.54, 1.807) is 26.4 Å². The minimum atomic E-state index is -0.534. The molecule has 2 aromatic rings. The molecule has 0 aromatic heterocycles. The molecule has 0 bridgehead atoms. The molecule has 0 aliphatic rings. The molecule has 0 N–H and O–H groups in total. The van der Waals surface area contributed by atoms with Crippen LogP contribution < -0.4 is 9.47 Å². The summed E-state index contributed by atoms with van der Waals surface area (Å²) in [6.45, 7) is 0. The smallest absolute Gasteiger partial charge is 0.252 e. The van der Waals surface area contributed by atoms with Crippen LogP contribution in [0.4, 0.5) is 0 Å². The normalized spacial score (nSPS) is 10.2. The maximum absolute atomic E-state index is 11.3. The van der Waals surface area contributed by atoms with Gasteiger partial charge in [0.05, 0.1) is 14.2 Å². The van der Waals surface area contributed by atoms with Crippen molar-refractivity contribution in [1.82, 2.24) is 0 Å². The van der Waals surface area contributed by atoms with Crippen LogP contribution in [0.3, 0.4) is 0 Å². The molecule has 0 amide bonds. The lowest BCUT2D eigenvalue weighted by Crippen LogP contribution is -2.01. The Bertz CT molecular complexity index is 583. The van der Waals surface area contributed by atoms with Crippen LogP contribution in [0.1, 0.15) is 21.5 Å². The van der Waals surface area contributed by atoms with Crippen LogP contribution in [0.5, 0.6) is 11.5 Å². The number of hydrogen-bond donors (Lipinski definition) is 0. The van der Waals surface area contributed by atoms with E-state index >= 15 is 0 Å². The Morgan fingerprint density at radius 1 is 1.05 bits per heavy atom. The van der Waals surface area contributed by atoms with Gasteiger partial charge in [0.2, 0.25) is 0 Å². The molecule has 4 heteroatoms. The molecule has 3 nitrogen and oxygen atoms in total. The number of benzene rings is 2. The van der Waals surface area contributed by atoms with E-state index in [9.17, 15) is 4.79 Å². The summed E-state index contributed by atoms with van der Waals surface area (Å²) in [6, 6.07) is 13.2. The van der Waals surface area contributed by atoms with E-state index < -0.39 is 5.24 Å². The largest absolute Gasteiger partial charge is 0.496 e. The lowest BCUT2D eigenvalue weighted by atomic mass is 10.0. The van der Waals surface area contributed by atoms with E-state index in [1.807, 2.05) is 30.3 Å². The van der Waals surface area contributed by atoms with Crippen molar-refractivity contribution in [1.29, 1.82) is 0 Å². The Hall–Kier alpha value is -2.00. The fourth-order valence-electron chi connectivity index (χ4n) is 2.07. The zero-order valence-corrected chi connectivity index (χ0v) is 12.1. The molecule has 0 spiro atoms. The summed E-state index contributed by atoms with van der Waals surface area (Å²) in [5, 5.41) is -0.534. The van der Waals surface area contributed by atoms with Gasteiger partial charge in [-0.25, -0.2) is 0 Å². The molecule has 20 heavy (non-hydrogen) atoms. The Balaban J connectivity index is 2.48. The molecule has 104 valence electrons. The average Bonchev–Trinajstić information content (AvgIpc) is 2.48. The van der Waals surface area contributed by atoms with Gasteiger partial charge in [-0.3, -0.25) is 4.79 Å². The molecule has 2 aromatic carbocycles. The molecule has 0 heterocycles. The van der Waals surface area contributed by atoms with Gasteiger partial charge in [0.25, 0.3) is 5.24 Å². The van der Waals surface area contributed by atoms with Crippen molar-refractivity contribution < 1.29 is 14.3 Å². The first-order valence-electron chi connectivity index (χ1n) is 6.14. The highest BCUT2D eigenvalue weighted by Crippen LogP contribution is 2.33. The number of halogens is 1. The zero-order chi connectivity index (χ0) is 14.5. The van der Waals surface area contributed by atoms with Crippen LogP contribution in [0.2, 0.25) is 0 Å². The molecule has 0 unspecified atom stereocenters. The first kappa shape index (κ1) is 14.4. The van der Waals surface area contributed by atoms with Crippen LogP contribution in [-0.2, 0) is 6.42 Å². The Kier molecular flexibility index (Phi) is 4.64. The number of methoxy groups -OCH3 is 2. The second-order valence-electron chi connectivity index (χ2n) is 4.30. The van der Waals surface area contributed by atoms with Gasteiger partial charge in [-0.2, -0.15) is 0 Å². The van der Waals surface area contributed by atoms with Crippen molar-refractivity contribution in [2.24, 2.45) is 0 Å². The highest BCUT2D eigenvalue weighted by molar-refractivity contribution is 6.67. The second kappa shape index (κ2) is 6.44. The first-order valence-corrected chi connectivity index (χ1v) is 6.52. The van der Waals surface area contributed by atoms with Crippen LogP contribution in [0.15, 0.2) is 42.5 Å². The standard InChI is InChI=1S/C16H15ClO3/c1-19-14-9-12(16(17)18)10-15(20-2)13(14)8-11-6-4-3-5-7-11/h3-7,9-10H,8H2,1-2H3. The van der Waals surface area contributed by atoms with Gasteiger partial charge in [-0.15, -0.1) is 0 Å². The fraction of sp³-hybridized carbons (Fsp3) is 0.188. The summed E-state index contributed by atoms with van der Waals surface area (Å²) < 4.78 is 10.7. The first-order chi connectivity index (χ1) is 9.65. The molecule has 0 aliphatic heterocycles. The number of rotatable bonds is 5. The monoisotopic (exact) mass is 290 g/mol. The summed E-state index contributed by atoms with van der Waals surface area (Å²) >= 11 is 5.52. The topological polar surface area (TPSA) is 35.5 Å². The van der Waals surface area contributed by atoms with E-state index in [2.05, 4.69) is 0 Å². The van der Waals surface area contributed by atoms with E-state index in [4.69, 9.17) is 21.1 Å². The molecule has 2 rings (SSSR count). The molecule has 0 saturated carbocycles. The molecule has 0 atom stereocenters. The van der Waals surface area contributed by atoms with Gasteiger partial charge >= 0.3 is 0 Å². The predicted molar refractivity (Wildman–Crippen MR) is 79.0 cm³/mol. The van der Waals surface area contributed by atoms with Gasteiger partial charge in [0, 0.05) is 17.5 Å². The summed E-state index contributed by atoms with van der Waals surface area (Å²) in [5.74, 6) is 1.19. The van der Waals surface area contributed by atoms with Crippen molar-refractivity contribution >= 4 is 16.8 Å². The maximum Gasteiger partial charge on any atom is 0.252 e. The summed E-state index contributed by atoms with van der Waals surface area (Å²) in [7, 11) is 3.12. The molecule has 0 radical (unpaired) electrons. The van der Waals surface area contributed by atoms with E-state index in [-0.39, 0.29) is 0 Å². The molecular formula is C16H15ClO3. The van der Waals surface area contributed by atoms with Crippen molar-refractivity contribution in [3.63, 3.8) is 0 Å². The second-order valence-corrected chi connectivity index (χ2v) is 4.64. The van der Waals surface area contributed by atoms with Crippen LogP contribution in [0, 0.1) is 0 Å². The highest BCUT2D eigenvalue weighted by Gasteiger charge is 2.15. The van der Waals surface area contributed by atoms with Crippen molar-refractivity contribution in [2.75, 3.05) is 14.2 Å².